The van der Waals surface area contributed by atoms with Crippen molar-refractivity contribution >= 4 is 22.6 Å². The second kappa shape index (κ2) is 5.79. The fourth-order valence-corrected chi connectivity index (χ4v) is 5.57. The molecule has 1 aromatic rings. The molecule has 0 amide bonds. The third-order valence-corrected chi connectivity index (χ3v) is 7.59. The highest BCUT2D eigenvalue weighted by atomic mass is 127. The SMILES string of the molecule is C[C@]1(CI)CC[C@@H]2c3ccc(O)cc3CC[C@H]2[C@@H]1CC#N. The first-order chi connectivity index (χ1) is 10.1. The van der Waals surface area contributed by atoms with E-state index in [0.29, 0.717) is 35.3 Å². The average Bonchev–Trinajstić information content (AvgIpc) is 2.49. The van der Waals surface area contributed by atoms with Crippen LogP contribution in [0.15, 0.2) is 18.2 Å². The van der Waals surface area contributed by atoms with E-state index in [1.165, 1.54) is 30.4 Å². The Morgan fingerprint density at radius 2 is 2.24 bits per heavy atom. The molecule has 2 aliphatic rings. The van der Waals surface area contributed by atoms with Crippen molar-refractivity contribution in [2.75, 3.05) is 4.43 Å². The van der Waals surface area contributed by atoms with Crippen molar-refractivity contribution < 1.29 is 5.11 Å². The molecular formula is C18H22INO. The molecule has 0 aromatic heterocycles. The Hall–Kier alpha value is -0.760. The van der Waals surface area contributed by atoms with Crippen LogP contribution in [0.1, 0.15) is 49.7 Å². The molecule has 1 saturated carbocycles. The van der Waals surface area contributed by atoms with Gasteiger partial charge in [0.2, 0.25) is 0 Å². The number of alkyl halides is 1. The van der Waals surface area contributed by atoms with E-state index in [2.05, 4.69) is 41.7 Å². The van der Waals surface area contributed by atoms with Crippen LogP contribution < -0.4 is 0 Å². The van der Waals surface area contributed by atoms with E-state index in [0.717, 1.165) is 10.8 Å². The van der Waals surface area contributed by atoms with E-state index < -0.39 is 0 Å². The molecule has 2 aliphatic carbocycles. The van der Waals surface area contributed by atoms with E-state index in [4.69, 9.17) is 0 Å². The van der Waals surface area contributed by atoms with Crippen LogP contribution in [-0.4, -0.2) is 9.53 Å². The number of nitriles is 1. The number of halogens is 1. The van der Waals surface area contributed by atoms with Crippen molar-refractivity contribution in [3.05, 3.63) is 29.3 Å². The zero-order chi connectivity index (χ0) is 15.0. The largest absolute Gasteiger partial charge is 0.508 e. The van der Waals surface area contributed by atoms with Gasteiger partial charge in [-0.3, -0.25) is 0 Å². The van der Waals surface area contributed by atoms with Crippen molar-refractivity contribution in [2.24, 2.45) is 17.3 Å². The highest BCUT2D eigenvalue weighted by molar-refractivity contribution is 14.1. The smallest absolute Gasteiger partial charge is 0.115 e. The molecule has 0 heterocycles. The van der Waals surface area contributed by atoms with Gasteiger partial charge >= 0.3 is 0 Å². The summed E-state index contributed by atoms with van der Waals surface area (Å²) in [5.41, 5.74) is 3.07. The number of hydrogen-bond acceptors (Lipinski definition) is 2. The first-order valence-electron chi connectivity index (χ1n) is 7.84. The number of nitrogens with zero attached hydrogens (tertiary/aromatic N) is 1. The number of aromatic hydroxyl groups is 1. The van der Waals surface area contributed by atoms with E-state index >= 15 is 0 Å². The van der Waals surface area contributed by atoms with Gasteiger partial charge in [0.15, 0.2) is 0 Å². The summed E-state index contributed by atoms with van der Waals surface area (Å²) >= 11 is 2.50. The minimum atomic E-state index is 0.311. The van der Waals surface area contributed by atoms with Crippen LogP contribution in [0.5, 0.6) is 5.75 Å². The lowest BCUT2D eigenvalue weighted by Gasteiger charge is -2.51. The molecule has 0 bridgehead atoms. The summed E-state index contributed by atoms with van der Waals surface area (Å²) in [6.45, 7) is 2.38. The van der Waals surface area contributed by atoms with Crippen molar-refractivity contribution in [1.82, 2.24) is 0 Å². The molecule has 3 heteroatoms. The standard InChI is InChI=1S/C18H22INO/c1-18(11-19)8-6-15-14-5-3-13(21)10-12(14)2-4-16(15)17(18)7-9-20/h3,5,10,15-17,21H,2,4,6-8,11H2,1H3/t15-,16-,17+,18-/m1/s1. The lowest BCUT2D eigenvalue weighted by atomic mass is 9.54. The summed E-state index contributed by atoms with van der Waals surface area (Å²) in [7, 11) is 0. The molecule has 0 radical (unpaired) electrons. The predicted molar refractivity (Wildman–Crippen MR) is 92.6 cm³/mol. The Morgan fingerprint density at radius 3 is 2.95 bits per heavy atom. The first kappa shape index (κ1) is 15.1. The quantitative estimate of drug-likeness (QED) is 0.577. The number of fused-ring (bicyclic) bond motifs is 3. The number of benzene rings is 1. The molecule has 0 unspecified atom stereocenters. The van der Waals surface area contributed by atoms with E-state index in [1.807, 2.05) is 12.1 Å². The molecule has 21 heavy (non-hydrogen) atoms. The minimum Gasteiger partial charge on any atom is -0.508 e. The van der Waals surface area contributed by atoms with Crippen molar-refractivity contribution in [2.45, 2.75) is 44.9 Å². The van der Waals surface area contributed by atoms with Crippen LogP contribution in [0.25, 0.3) is 0 Å². The van der Waals surface area contributed by atoms with Crippen LogP contribution >= 0.6 is 22.6 Å². The van der Waals surface area contributed by atoms with E-state index in [9.17, 15) is 10.4 Å². The molecule has 1 N–H and O–H groups in total. The van der Waals surface area contributed by atoms with E-state index in [-0.39, 0.29) is 0 Å². The van der Waals surface area contributed by atoms with Gasteiger partial charge in [-0.05, 0) is 72.1 Å². The molecule has 112 valence electrons. The second-order valence-corrected chi connectivity index (χ2v) is 7.75. The highest BCUT2D eigenvalue weighted by Gasteiger charge is 2.47. The highest BCUT2D eigenvalue weighted by Crippen LogP contribution is 2.56. The fourth-order valence-electron chi connectivity index (χ4n) is 4.63. The number of phenols is 1. The second-order valence-electron chi connectivity index (χ2n) is 6.99. The summed E-state index contributed by atoms with van der Waals surface area (Å²) in [5, 5.41) is 19.0. The number of aryl methyl sites for hydroxylation is 1. The first-order valence-corrected chi connectivity index (χ1v) is 9.36. The lowest BCUT2D eigenvalue weighted by molar-refractivity contribution is 0.0556. The van der Waals surface area contributed by atoms with Crippen molar-refractivity contribution in [3.63, 3.8) is 0 Å². The number of rotatable bonds is 2. The normalized spacial score (nSPS) is 34.6. The number of hydrogen-bond donors (Lipinski definition) is 1. The maximum absolute atomic E-state index is 9.70. The Kier molecular flexibility index (Phi) is 4.18. The predicted octanol–water partition coefficient (Wildman–Crippen LogP) is 4.80. The summed E-state index contributed by atoms with van der Waals surface area (Å²) in [6, 6.07) is 8.34. The Balaban J connectivity index is 1.96. The lowest BCUT2D eigenvalue weighted by Crippen LogP contribution is -2.43. The zero-order valence-corrected chi connectivity index (χ0v) is 14.6. The zero-order valence-electron chi connectivity index (χ0n) is 12.5. The monoisotopic (exact) mass is 395 g/mol. The van der Waals surface area contributed by atoms with Crippen molar-refractivity contribution in [3.8, 4) is 11.8 Å². The average molecular weight is 395 g/mol. The summed E-state index contributed by atoms with van der Waals surface area (Å²) in [4.78, 5) is 0. The third kappa shape index (κ3) is 2.56. The van der Waals surface area contributed by atoms with Crippen LogP contribution in [-0.2, 0) is 6.42 Å². The van der Waals surface area contributed by atoms with Crippen molar-refractivity contribution in [1.29, 1.82) is 5.26 Å². The summed E-state index contributed by atoms with van der Waals surface area (Å²) in [6.07, 6.45) is 5.34. The molecule has 4 atom stereocenters. The van der Waals surface area contributed by atoms with Crippen LogP contribution in [0.2, 0.25) is 0 Å². The molecule has 0 aliphatic heterocycles. The van der Waals surface area contributed by atoms with Gasteiger partial charge < -0.3 is 5.11 Å². The fraction of sp³-hybridized carbons (Fsp3) is 0.611. The van der Waals surface area contributed by atoms with Crippen LogP contribution in [0.3, 0.4) is 0 Å². The van der Waals surface area contributed by atoms with Gasteiger partial charge in [-0.25, -0.2) is 0 Å². The maximum atomic E-state index is 9.70. The minimum absolute atomic E-state index is 0.311. The maximum Gasteiger partial charge on any atom is 0.115 e. The Morgan fingerprint density at radius 1 is 1.43 bits per heavy atom. The van der Waals surface area contributed by atoms with Crippen LogP contribution in [0.4, 0.5) is 0 Å². The molecule has 0 spiro atoms. The van der Waals surface area contributed by atoms with Gasteiger partial charge in [0.1, 0.15) is 5.75 Å². The molecule has 3 rings (SSSR count). The van der Waals surface area contributed by atoms with Gasteiger partial charge in [-0.2, -0.15) is 5.26 Å². The summed E-state index contributed by atoms with van der Waals surface area (Å²) < 4.78 is 1.14. The number of phenolic OH excluding ortho intramolecular Hbond substituents is 1. The third-order valence-electron chi connectivity index (χ3n) is 5.84. The molecule has 1 fully saturated rings. The van der Waals surface area contributed by atoms with Gasteiger partial charge in [-0.1, -0.05) is 35.6 Å². The Bertz CT molecular complexity index is 579. The summed E-state index contributed by atoms with van der Waals surface area (Å²) in [5.74, 6) is 2.12. The molecular weight excluding hydrogens is 373 g/mol. The Labute approximate surface area is 140 Å². The topological polar surface area (TPSA) is 44.0 Å². The van der Waals surface area contributed by atoms with Gasteiger partial charge in [0, 0.05) is 10.8 Å². The van der Waals surface area contributed by atoms with Gasteiger partial charge in [0.25, 0.3) is 0 Å². The molecule has 0 saturated heterocycles. The molecule has 1 aromatic carbocycles. The van der Waals surface area contributed by atoms with Gasteiger partial charge in [-0.15, -0.1) is 0 Å². The molecule has 2 nitrogen and oxygen atoms in total. The van der Waals surface area contributed by atoms with Crippen LogP contribution in [0, 0.1) is 28.6 Å². The van der Waals surface area contributed by atoms with E-state index in [1.54, 1.807) is 0 Å². The van der Waals surface area contributed by atoms with Gasteiger partial charge in [0.05, 0.1) is 6.07 Å².